The van der Waals surface area contributed by atoms with E-state index < -0.39 is 23.6 Å². The zero-order chi connectivity index (χ0) is 20.4. The summed E-state index contributed by atoms with van der Waals surface area (Å²) in [6.07, 6.45) is 0.604. The molecular formula is C21H20F3N3OS. The number of thiazole rings is 1. The lowest BCUT2D eigenvalue weighted by atomic mass is 10.0. The van der Waals surface area contributed by atoms with Crippen LogP contribution in [0.25, 0.3) is 0 Å². The molecule has 1 aliphatic heterocycles. The molecule has 1 N–H and O–H groups in total. The second kappa shape index (κ2) is 8.52. The molecule has 1 aliphatic rings. The van der Waals surface area contributed by atoms with Gasteiger partial charge in [0.2, 0.25) is 0 Å². The van der Waals surface area contributed by atoms with E-state index in [0.717, 1.165) is 12.1 Å². The Bertz CT molecular complexity index is 975. The molecule has 4 nitrogen and oxygen atoms in total. The van der Waals surface area contributed by atoms with Gasteiger partial charge in [-0.1, -0.05) is 12.1 Å². The van der Waals surface area contributed by atoms with E-state index in [-0.39, 0.29) is 0 Å². The largest absolute Gasteiger partial charge is 0.381 e. The number of hydrogen-bond donors (Lipinski definition) is 1. The fourth-order valence-corrected chi connectivity index (χ4v) is 4.26. The Kier molecular flexibility index (Phi) is 5.84. The third kappa shape index (κ3) is 4.29. The van der Waals surface area contributed by atoms with Crippen LogP contribution in [0.15, 0.2) is 48.0 Å². The van der Waals surface area contributed by atoms with Gasteiger partial charge in [0, 0.05) is 55.4 Å². The molecule has 4 rings (SSSR count). The van der Waals surface area contributed by atoms with Crippen LogP contribution in [-0.4, -0.2) is 41.2 Å². The molecule has 0 unspecified atom stereocenters. The predicted molar refractivity (Wildman–Crippen MR) is 106 cm³/mol. The van der Waals surface area contributed by atoms with Gasteiger partial charge in [-0.3, -0.25) is 4.90 Å². The van der Waals surface area contributed by atoms with Crippen LogP contribution >= 0.6 is 11.3 Å². The molecule has 8 heteroatoms. The van der Waals surface area contributed by atoms with Crippen molar-refractivity contribution >= 4 is 17.0 Å². The Morgan fingerprint density at radius 3 is 2.55 bits per heavy atom. The normalized spacial score (nSPS) is 16.2. The summed E-state index contributed by atoms with van der Waals surface area (Å²) in [5.41, 5.74) is 1.15. The van der Waals surface area contributed by atoms with E-state index in [2.05, 4.69) is 4.98 Å². The average Bonchev–Trinajstić information content (AvgIpc) is 3.26. The number of hydrogen-bond acceptors (Lipinski definition) is 5. The molecule has 0 bridgehead atoms. The monoisotopic (exact) mass is 419 g/mol. The second-order valence-corrected chi connectivity index (χ2v) is 7.88. The van der Waals surface area contributed by atoms with E-state index in [9.17, 15) is 18.3 Å². The number of aliphatic hydroxyl groups is 1. The summed E-state index contributed by atoms with van der Waals surface area (Å²) in [5, 5.41) is 13.0. The minimum absolute atomic E-state index is 0.295. The summed E-state index contributed by atoms with van der Waals surface area (Å²) in [4.78, 5) is 8.03. The van der Waals surface area contributed by atoms with E-state index in [1.54, 1.807) is 23.7 Å². The van der Waals surface area contributed by atoms with Crippen molar-refractivity contribution < 1.29 is 18.3 Å². The SMILES string of the molecule is O[C@@H](c1nccs1)c1cccc(F)c1N1CCN(Cc2cc(F)ccc2F)CC1. The van der Waals surface area contributed by atoms with Crippen LogP contribution in [0.1, 0.15) is 22.2 Å². The van der Waals surface area contributed by atoms with Crippen molar-refractivity contribution in [2.24, 2.45) is 0 Å². The summed E-state index contributed by atoms with van der Waals surface area (Å²) < 4.78 is 42.0. The van der Waals surface area contributed by atoms with Crippen LogP contribution in [0, 0.1) is 17.5 Å². The summed E-state index contributed by atoms with van der Waals surface area (Å²) in [6, 6.07) is 8.10. The van der Waals surface area contributed by atoms with Gasteiger partial charge in [0.15, 0.2) is 0 Å². The number of anilines is 1. The number of benzene rings is 2. The third-order valence-electron chi connectivity index (χ3n) is 5.09. The van der Waals surface area contributed by atoms with Gasteiger partial charge in [0.25, 0.3) is 0 Å². The van der Waals surface area contributed by atoms with Gasteiger partial charge in [0.1, 0.15) is 28.6 Å². The van der Waals surface area contributed by atoms with Crippen molar-refractivity contribution in [3.05, 3.63) is 81.6 Å². The van der Waals surface area contributed by atoms with Gasteiger partial charge in [-0.05, 0) is 24.3 Å². The van der Waals surface area contributed by atoms with Gasteiger partial charge in [-0.15, -0.1) is 11.3 Å². The van der Waals surface area contributed by atoms with Gasteiger partial charge < -0.3 is 10.0 Å². The lowest BCUT2D eigenvalue weighted by Gasteiger charge is -2.37. The van der Waals surface area contributed by atoms with Gasteiger partial charge in [0.05, 0.1) is 5.69 Å². The minimum Gasteiger partial charge on any atom is -0.381 e. The Balaban J connectivity index is 1.49. The van der Waals surface area contributed by atoms with Crippen molar-refractivity contribution in [3.63, 3.8) is 0 Å². The van der Waals surface area contributed by atoms with Crippen molar-refractivity contribution in [2.45, 2.75) is 12.6 Å². The lowest BCUT2D eigenvalue weighted by Crippen LogP contribution is -2.46. The van der Waals surface area contributed by atoms with Gasteiger partial charge >= 0.3 is 0 Å². The molecule has 1 fully saturated rings. The number of halogens is 3. The predicted octanol–water partition coefficient (Wildman–Crippen LogP) is 3.96. The number of piperazine rings is 1. The number of aliphatic hydroxyl groups excluding tert-OH is 1. The van der Waals surface area contributed by atoms with Gasteiger partial charge in [-0.25, -0.2) is 18.2 Å². The highest BCUT2D eigenvalue weighted by atomic mass is 32.1. The molecular weight excluding hydrogens is 399 g/mol. The third-order valence-corrected chi connectivity index (χ3v) is 5.92. The number of rotatable bonds is 5. The fraction of sp³-hybridized carbons (Fsp3) is 0.286. The molecule has 152 valence electrons. The summed E-state index contributed by atoms with van der Waals surface area (Å²) in [5.74, 6) is -1.30. The first-order chi connectivity index (χ1) is 14.0. The molecule has 1 saturated heterocycles. The van der Waals surface area contributed by atoms with Crippen LogP contribution in [-0.2, 0) is 6.54 Å². The van der Waals surface area contributed by atoms with Crippen LogP contribution < -0.4 is 4.90 Å². The highest BCUT2D eigenvalue weighted by Gasteiger charge is 2.26. The zero-order valence-electron chi connectivity index (χ0n) is 15.6. The molecule has 1 atom stereocenters. The average molecular weight is 419 g/mol. The van der Waals surface area contributed by atoms with E-state index in [0.29, 0.717) is 54.5 Å². The van der Waals surface area contributed by atoms with Crippen molar-refractivity contribution in [2.75, 3.05) is 31.1 Å². The molecule has 0 spiro atoms. The van der Waals surface area contributed by atoms with Crippen molar-refractivity contribution in [1.82, 2.24) is 9.88 Å². The van der Waals surface area contributed by atoms with Crippen LogP contribution in [0.4, 0.5) is 18.9 Å². The zero-order valence-corrected chi connectivity index (χ0v) is 16.4. The molecule has 0 saturated carbocycles. The first kappa shape index (κ1) is 19.9. The lowest BCUT2D eigenvalue weighted by molar-refractivity contribution is 0.217. The van der Waals surface area contributed by atoms with E-state index in [1.165, 1.54) is 23.5 Å². The highest BCUT2D eigenvalue weighted by Crippen LogP contribution is 2.34. The van der Waals surface area contributed by atoms with Crippen LogP contribution in [0.2, 0.25) is 0 Å². The molecule has 0 radical (unpaired) electrons. The summed E-state index contributed by atoms with van der Waals surface area (Å²) >= 11 is 1.31. The molecule has 3 aromatic rings. The summed E-state index contributed by atoms with van der Waals surface area (Å²) in [6.45, 7) is 2.45. The molecule has 2 aromatic carbocycles. The van der Waals surface area contributed by atoms with Crippen molar-refractivity contribution in [1.29, 1.82) is 0 Å². The first-order valence-electron chi connectivity index (χ1n) is 9.30. The molecule has 2 heterocycles. The van der Waals surface area contributed by atoms with Crippen molar-refractivity contribution in [3.8, 4) is 0 Å². The summed E-state index contributed by atoms with van der Waals surface area (Å²) in [7, 11) is 0. The quantitative estimate of drug-likeness (QED) is 0.680. The first-order valence-corrected chi connectivity index (χ1v) is 10.2. The second-order valence-electron chi connectivity index (χ2n) is 6.95. The maximum Gasteiger partial charge on any atom is 0.146 e. The van der Waals surface area contributed by atoms with E-state index >= 15 is 0 Å². The number of aromatic nitrogens is 1. The minimum atomic E-state index is -1.000. The molecule has 29 heavy (non-hydrogen) atoms. The van der Waals surface area contributed by atoms with Crippen LogP contribution in [0.5, 0.6) is 0 Å². The maximum atomic E-state index is 14.7. The van der Waals surface area contributed by atoms with E-state index in [4.69, 9.17) is 0 Å². The van der Waals surface area contributed by atoms with Crippen LogP contribution in [0.3, 0.4) is 0 Å². The standard InChI is InChI=1S/C21H20F3N3OS/c22-15-4-5-17(23)14(12-15)13-26-7-9-27(10-8-26)19-16(2-1-3-18(19)24)20(28)21-25-6-11-29-21/h1-6,11-12,20,28H,7-10,13H2/t20-/m1/s1. The van der Waals surface area contributed by atoms with Gasteiger partial charge in [-0.2, -0.15) is 0 Å². The maximum absolute atomic E-state index is 14.7. The topological polar surface area (TPSA) is 39.6 Å². The highest BCUT2D eigenvalue weighted by molar-refractivity contribution is 7.09. The molecule has 0 aliphatic carbocycles. The van der Waals surface area contributed by atoms with E-state index in [1.807, 2.05) is 9.80 Å². The number of nitrogens with zero attached hydrogens (tertiary/aromatic N) is 3. The number of para-hydroxylation sites is 1. The Morgan fingerprint density at radius 2 is 1.83 bits per heavy atom. The molecule has 1 aromatic heterocycles. The Morgan fingerprint density at radius 1 is 1.03 bits per heavy atom. The smallest absolute Gasteiger partial charge is 0.146 e. The fourth-order valence-electron chi connectivity index (χ4n) is 3.62. The Hall–Kier alpha value is -2.42. The Labute approximate surface area is 170 Å². The molecule has 0 amide bonds.